The molecule has 4 aromatic rings. The van der Waals surface area contributed by atoms with E-state index in [9.17, 15) is 0 Å². The van der Waals surface area contributed by atoms with Crippen molar-refractivity contribution in [1.29, 1.82) is 0 Å². The van der Waals surface area contributed by atoms with Crippen molar-refractivity contribution in [3.63, 3.8) is 0 Å². The van der Waals surface area contributed by atoms with E-state index in [2.05, 4.69) is 54.6 Å². The van der Waals surface area contributed by atoms with Crippen LogP contribution in [0, 0.1) is 24.3 Å². The summed E-state index contributed by atoms with van der Waals surface area (Å²) in [4.78, 5) is 0. The Balaban J connectivity index is 0.00000104. The quantitative estimate of drug-likeness (QED) is 0.299. The molecule has 0 heterocycles. The van der Waals surface area contributed by atoms with E-state index >= 15 is 0 Å². The Morgan fingerprint density at radius 1 is 0.520 bits per heavy atom. The molecule has 0 unspecified atom stereocenters. The van der Waals surface area contributed by atoms with Gasteiger partial charge in [-0.2, -0.15) is 36.4 Å². The SMILES string of the molecule is [Y].[Y].[Y].[c-]1cc(-c2[c-]ccc3ccccc23)[c-]cc1-c1[c-]cccc1. The maximum atomic E-state index is 3.36. The van der Waals surface area contributed by atoms with Crippen molar-refractivity contribution < 1.29 is 98.1 Å². The van der Waals surface area contributed by atoms with Crippen LogP contribution in [-0.4, -0.2) is 0 Å². The summed E-state index contributed by atoms with van der Waals surface area (Å²) in [6, 6.07) is 37.5. The van der Waals surface area contributed by atoms with E-state index in [0.29, 0.717) is 0 Å². The molecule has 4 aromatic carbocycles. The summed E-state index contributed by atoms with van der Waals surface area (Å²) < 4.78 is 0. The predicted molar refractivity (Wildman–Crippen MR) is 90.2 cm³/mol. The van der Waals surface area contributed by atoms with Crippen molar-refractivity contribution >= 4 is 10.8 Å². The number of hydrogen-bond acceptors (Lipinski definition) is 0. The Hall–Kier alpha value is 0.452. The first-order valence-electron chi connectivity index (χ1n) is 7.22. The number of fused-ring (bicyclic) bond motifs is 1. The zero-order valence-electron chi connectivity index (χ0n) is 13.7. The van der Waals surface area contributed by atoms with Gasteiger partial charge in [0.1, 0.15) is 0 Å². The molecule has 0 spiro atoms. The molecule has 0 bridgehead atoms. The van der Waals surface area contributed by atoms with E-state index in [-0.39, 0.29) is 98.1 Å². The Morgan fingerprint density at radius 3 is 1.96 bits per heavy atom. The molecule has 0 aliphatic carbocycles. The van der Waals surface area contributed by atoms with Crippen LogP contribution in [0.1, 0.15) is 0 Å². The molecule has 0 atom stereocenters. The van der Waals surface area contributed by atoms with Gasteiger partial charge >= 0.3 is 0 Å². The number of rotatable bonds is 2. The van der Waals surface area contributed by atoms with Gasteiger partial charge in [-0.25, -0.2) is 46.5 Å². The minimum atomic E-state index is 0. The zero-order chi connectivity index (χ0) is 14.8. The Labute approximate surface area is 224 Å². The monoisotopic (exact) mass is 543 g/mol. The summed E-state index contributed by atoms with van der Waals surface area (Å²) in [5, 5.41) is 2.40. The average Bonchev–Trinajstić information content (AvgIpc) is 2.62. The summed E-state index contributed by atoms with van der Waals surface area (Å²) in [7, 11) is 0. The third-order valence-corrected chi connectivity index (χ3v) is 3.73. The van der Waals surface area contributed by atoms with Gasteiger partial charge in [0.25, 0.3) is 0 Å². The second-order valence-corrected chi connectivity index (χ2v) is 5.12. The first kappa shape index (κ1) is 23.5. The average molecular weight is 543 g/mol. The van der Waals surface area contributed by atoms with E-state index in [1.54, 1.807) is 0 Å². The molecule has 0 nitrogen and oxygen atoms in total. The van der Waals surface area contributed by atoms with E-state index in [0.717, 1.165) is 22.3 Å². The van der Waals surface area contributed by atoms with Gasteiger partial charge in [-0.3, -0.25) is 0 Å². The maximum Gasteiger partial charge on any atom is 0 e. The van der Waals surface area contributed by atoms with Crippen LogP contribution in [0.2, 0.25) is 0 Å². The van der Waals surface area contributed by atoms with E-state index in [1.807, 2.05) is 42.5 Å². The summed E-state index contributed by atoms with van der Waals surface area (Å²) in [6.45, 7) is 0. The molecule has 113 valence electrons. The minimum absolute atomic E-state index is 0. The maximum absolute atomic E-state index is 3.36. The first-order valence-corrected chi connectivity index (χ1v) is 7.22. The van der Waals surface area contributed by atoms with E-state index < -0.39 is 0 Å². The van der Waals surface area contributed by atoms with Gasteiger partial charge in [-0.05, 0) is 0 Å². The molecule has 0 fully saturated rings. The fourth-order valence-corrected chi connectivity index (χ4v) is 2.63. The normalized spacial score (nSPS) is 9.44. The molecule has 3 radical (unpaired) electrons. The molecule has 0 N–H and O–H groups in total. The summed E-state index contributed by atoms with van der Waals surface area (Å²) in [6.07, 6.45) is 0. The standard InChI is InChI=1S/C22H12.3Y/c1-2-7-17(8-3-1)18-13-15-20(16-14-18)22-12-6-10-19-9-4-5-11-21(19)22;;;/h1-7,9-11,13,16H;;;/q-4;;;. The summed E-state index contributed by atoms with van der Waals surface area (Å²) in [5.74, 6) is 0. The van der Waals surface area contributed by atoms with Crippen LogP contribution in [0.15, 0.2) is 72.8 Å². The van der Waals surface area contributed by atoms with Gasteiger partial charge in [0, 0.05) is 98.1 Å². The van der Waals surface area contributed by atoms with Gasteiger partial charge in [0.05, 0.1) is 0 Å². The Bertz CT molecular complexity index is 911. The minimum Gasteiger partial charge on any atom is -0.247 e. The fraction of sp³-hybridized carbons (Fsp3) is 0. The Kier molecular flexibility index (Phi) is 10.6. The van der Waals surface area contributed by atoms with Crippen LogP contribution < -0.4 is 0 Å². The van der Waals surface area contributed by atoms with Crippen molar-refractivity contribution in [3.8, 4) is 22.3 Å². The largest absolute Gasteiger partial charge is 0.247 e. The number of hydrogen-bond donors (Lipinski definition) is 0. The van der Waals surface area contributed by atoms with Crippen molar-refractivity contribution in [3.05, 3.63) is 97.1 Å². The molecular weight excluding hydrogens is 531 g/mol. The topological polar surface area (TPSA) is 0 Å². The second-order valence-electron chi connectivity index (χ2n) is 5.12. The van der Waals surface area contributed by atoms with Crippen LogP contribution in [-0.2, 0) is 98.1 Å². The van der Waals surface area contributed by atoms with Crippen LogP contribution in [0.25, 0.3) is 33.0 Å². The van der Waals surface area contributed by atoms with Crippen molar-refractivity contribution in [1.82, 2.24) is 0 Å². The smallest absolute Gasteiger partial charge is 0 e. The van der Waals surface area contributed by atoms with Gasteiger partial charge in [0.2, 0.25) is 0 Å². The number of benzene rings is 4. The molecule has 3 heteroatoms. The van der Waals surface area contributed by atoms with E-state index in [1.165, 1.54) is 10.8 Å². The predicted octanol–water partition coefficient (Wildman–Crippen LogP) is 5.37. The third-order valence-electron chi connectivity index (χ3n) is 3.73. The van der Waals surface area contributed by atoms with E-state index in [4.69, 9.17) is 0 Å². The molecule has 25 heavy (non-hydrogen) atoms. The Morgan fingerprint density at radius 2 is 1.24 bits per heavy atom. The molecule has 0 saturated heterocycles. The van der Waals surface area contributed by atoms with Crippen LogP contribution in [0.5, 0.6) is 0 Å². The molecule has 0 aliphatic rings. The zero-order valence-corrected chi connectivity index (χ0v) is 22.2. The molecular formula is C22H12Y3-4. The second kappa shape index (κ2) is 11.3. The third kappa shape index (κ3) is 5.47. The van der Waals surface area contributed by atoms with Crippen LogP contribution in [0.4, 0.5) is 0 Å². The fourth-order valence-electron chi connectivity index (χ4n) is 2.63. The molecule has 0 amide bonds. The first-order chi connectivity index (χ1) is 10.9. The van der Waals surface area contributed by atoms with Crippen molar-refractivity contribution in [2.45, 2.75) is 0 Å². The molecule has 4 rings (SSSR count). The summed E-state index contributed by atoms with van der Waals surface area (Å²) in [5.41, 5.74) is 4.12. The molecule has 0 aromatic heterocycles. The summed E-state index contributed by atoms with van der Waals surface area (Å²) >= 11 is 0. The van der Waals surface area contributed by atoms with Gasteiger partial charge in [0.15, 0.2) is 0 Å². The van der Waals surface area contributed by atoms with Crippen LogP contribution in [0.3, 0.4) is 0 Å². The molecule has 0 saturated carbocycles. The molecule has 0 aliphatic heterocycles. The van der Waals surface area contributed by atoms with Gasteiger partial charge in [-0.15, -0.1) is 29.0 Å². The van der Waals surface area contributed by atoms with Crippen LogP contribution >= 0.6 is 0 Å². The van der Waals surface area contributed by atoms with Gasteiger partial charge < -0.3 is 0 Å². The van der Waals surface area contributed by atoms with Crippen molar-refractivity contribution in [2.24, 2.45) is 0 Å². The van der Waals surface area contributed by atoms with Gasteiger partial charge in [-0.1, -0.05) is 18.2 Å². The van der Waals surface area contributed by atoms with Crippen molar-refractivity contribution in [2.75, 3.05) is 0 Å².